The van der Waals surface area contributed by atoms with Crippen molar-refractivity contribution in [3.63, 3.8) is 0 Å². The SMILES string of the molecule is Nc1cnc(Nc2ccc(I)cc2Cl)cn1. The Kier molecular flexibility index (Phi) is 3.45. The van der Waals surface area contributed by atoms with E-state index >= 15 is 0 Å². The molecule has 82 valence electrons. The smallest absolute Gasteiger partial charge is 0.149 e. The molecule has 0 saturated carbocycles. The summed E-state index contributed by atoms with van der Waals surface area (Å²) in [4.78, 5) is 8.01. The molecule has 0 aliphatic heterocycles. The standard InChI is InChI=1S/C10H8ClIN4/c11-7-3-6(12)1-2-8(7)16-10-5-14-9(13)4-15-10/h1-5H,(H2,13,14)(H,15,16). The Morgan fingerprint density at radius 3 is 2.69 bits per heavy atom. The van der Waals surface area contributed by atoms with Gasteiger partial charge in [0, 0.05) is 3.57 Å². The second-order valence-electron chi connectivity index (χ2n) is 3.08. The van der Waals surface area contributed by atoms with Crippen LogP contribution in [0.25, 0.3) is 0 Å². The topological polar surface area (TPSA) is 63.8 Å². The first kappa shape index (κ1) is 11.4. The minimum atomic E-state index is 0.388. The highest BCUT2D eigenvalue weighted by Crippen LogP contribution is 2.26. The van der Waals surface area contributed by atoms with Crippen LogP contribution in [-0.4, -0.2) is 9.97 Å². The van der Waals surface area contributed by atoms with Crippen LogP contribution in [-0.2, 0) is 0 Å². The van der Waals surface area contributed by atoms with Gasteiger partial charge in [0.2, 0.25) is 0 Å². The van der Waals surface area contributed by atoms with E-state index in [2.05, 4.69) is 37.9 Å². The van der Waals surface area contributed by atoms with Crippen molar-refractivity contribution in [3.05, 3.63) is 39.2 Å². The molecule has 0 fully saturated rings. The van der Waals surface area contributed by atoms with Crippen LogP contribution in [0.5, 0.6) is 0 Å². The van der Waals surface area contributed by atoms with E-state index in [9.17, 15) is 0 Å². The Labute approximate surface area is 111 Å². The molecule has 1 aromatic carbocycles. The lowest BCUT2D eigenvalue weighted by atomic mass is 10.3. The second kappa shape index (κ2) is 4.84. The molecule has 0 atom stereocenters. The summed E-state index contributed by atoms with van der Waals surface area (Å²) in [5, 5.41) is 3.71. The molecule has 1 aromatic heterocycles. The average molecular weight is 347 g/mol. The number of nitrogens with zero attached hydrogens (tertiary/aromatic N) is 2. The van der Waals surface area contributed by atoms with Crippen LogP contribution in [0.15, 0.2) is 30.6 Å². The third-order valence-corrected chi connectivity index (χ3v) is 2.85. The highest BCUT2D eigenvalue weighted by molar-refractivity contribution is 14.1. The molecule has 3 N–H and O–H groups in total. The maximum Gasteiger partial charge on any atom is 0.149 e. The zero-order valence-corrected chi connectivity index (χ0v) is 11.0. The molecule has 1 heterocycles. The minimum absolute atomic E-state index is 0.388. The van der Waals surface area contributed by atoms with Crippen LogP contribution in [0.3, 0.4) is 0 Å². The van der Waals surface area contributed by atoms with E-state index in [-0.39, 0.29) is 0 Å². The van der Waals surface area contributed by atoms with Gasteiger partial charge in [-0.25, -0.2) is 9.97 Å². The Bertz CT molecular complexity index is 501. The largest absolute Gasteiger partial charge is 0.382 e. The van der Waals surface area contributed by atoms with Crippen molar-refractivity contribution in [2.24, 2.45) is 0 Å². The van der Waals surface area contributed by atoms with Gasteiger partial charge in [0.15, 0.2) is 0 Å². The summed E-state index contributed by atoms with van der Waals surface area (Å²) >= 11 is 8.27. The van der Waals surface area contributed by atoms with Crippen LogP contribution >= 0.6 is 34.2 Å². The molecule has 0 bridgehead atoms. The first-order valence-electron chi connectivity index (χ1n) is 4.45. The summed E-state index contributed by atoms with van der Waals surface area (Å²) in [5.41, 5.74) is 6.23. The van der Waals surface area contributed by atoms with E-state index < -0.39 is 0 Å². The number of nitrogens with one attached hydrogen (secondary N) is 1. The van der Waals surface area contributed by atoms with Crippen molar-refractivity contribution < 1.29 is 0 Å². The Morgan fingerprint density at radius 2 is 2.06 bits per heavy atom. The number of anilines is 3. The molecule has 0 radical (unpaired) electrons. The highest BCUT2D eigenvalue weighted by Gasteiger charge is 2.02. The lowest BCUT2D eigenvalue weighted by molar-refractivity contribution is 1.21. The molecule has 6 heteroatoms. The Balaban J connectivity index is 2.23. The summed E-state index contributed by atoms with van der Waals surface area (Å²) in [6.45, 7) is 0. The molecular weight excluding hydrogens is 338 g/mol. The number of nitrogens with two attached hydrogens (primary N) is 1. The van der Waals surface area contributed by atoms with E-state index in [0.29, 0.717) is 16.7 Å². The summed E-state index contributed by atoms with van der Waals surface area (Å²) in [7, 11) is 0. The van der Waals surface area contributed by atoms with Crippen molar-refractivity contribution in [1.82, 2.24) is 9.97 Å². The summed E-state index contributed by atoms with van der Waals surface area (Å²) in [6.07, 6.45) is 3.05. The lowest BCUT2D eigenvalue weighted by Gasteiger charge is -2.07. The number of nitrogen functional groups attached to an aromatic ring is 1. The van der Waals surface area contributed by atoms with E-state index in [1.807, 2.05) is 18.2 Å². The molecule has 0 unspecified atom stereocenters. The van der Waals surface area contributed by atoms with Gasteiger partial charge in [0.25, 0.3) is 0 Å². The fourth-order valence-electron chi connectivity index (χ4n) is 1.13. The molecule has 16 heavy (non-hydrogen) atoms. The van der Waals surface area contributed by atoms with Crippen LogP contribution in [0, 0.1) is 3.57 Å². The number of hydrogen-bond donors (Lipinski definition) is 2. The first-order chi connectivity index (χ1) is 7.65. The highest BCUT2D eigenvalue weighted by atomic mass is 127. The number of aromatic nitrogens is 2. The lowest BCUT2D eigenvalue weighted by Crippen LogP contribution is -1.97. The predicted octanol–water partition coefficient (Wildman–Crippen LogP) is 3.06. The van der Waals surface area contributed by atoms with E-state index in [1.165, 1.54) is 6.20 Å². The fraction of sp³-hybridized carbons (Fsp3) is 0. The number of benzene rings is 1. The fourth-order valence-corrected chi connectivity index (χ4v) is 2.03. The average Bonchev–Trinajstić information content (AvgIpc) is 2.25. The molecule has 0 aliphatic carbocycles. The van der Waals surface area contributed by atoms with Crippen LogP contribution in [0.4, 0.5) is 17.3 Å². The molecular formula is C10H8ClIN4. The second-order valence-corrected chi connectivity index (χ2v) is 4.73. The van der Waals surface area contributed by atoms with Gasteiger partial charge < -0.3 is 11.1 Å². The Hall–Kier alpha value is -1.08. The molecule has 0 saturated heterocycles. The number of hydrogen-bond acceptors (Lipinski definition) is 4. The van der Waals surface area contributed by atoms with Gasteiger partial charge in [0.1, 0.15) is 11.6 Å². The van der Waals surface area contributed by atoms with Gasteiger partial charge in [-0.1, -0.05) is 11.6 Å². The van der Waals surface area contributed by atoms with Crippen LogP contribution in [0.2, 0.25) is 5.02 Å². The monoisotopic (exact) mass is 346 g/mol. The molecule has 0 amide bonds. The molecule has 0 aliphatic rings. The van der Waals surface area contributed by atoms with Gasteiger partial charge in [-0.05, 0) is 40.8 Å². The van der Waals surface area contributed by atoms with E-state index in [0.717, 1.165) is 9.26 Å². The van der Waals surface area contributed by atoms with Crippen molar-refractivity contribution in [1.29, 1.82) is 0 Å². The third kappa shape index (κ3) is 2.73. The zero-order valence-electron chi connectivity index (χ0n) is 8.11. The van der Waals surface area contributed by atoms with Crippen molar-refractivity contribution >= 4 is 51.5 Å². The quantitative estimate of drug-likeness (QED) is 0.820. The van der Waals surface area contributed by atoms with E-state index in [1.54, 1.807) is 6.20 Å². The van der Waals surface area contributed by atoms with E-state index in [4.69, 9.17) is 17.3 Å². The van der Waals surface area contributed by atoms with Gasteiger partial charge in [-0.2, -0.15) is 0 Å². The normalized spacial score (nSPS) is 10.1. The van der Waals surface area contributed by atoms with Gasteiger partial charge in [-0.3, -0.25) is 0 Å². The molecule has 2 rings (SSSR count). The van der Waals surface area contributed by atoms with Crippen LogP contribution in [0.1, 0.15) is 0 Å². The number of halogens is 2. The summed E-state index contributed by atoms with van der Waals surface area (Å²) in [5.74, 6) is 0.997. The zero-order chi connectivity index (χ0) is 11.5. The Morgan fingerprint density at radius 1 is 1.25 bits per heavy atom. The van der Waals surface area contributed by atoms with Gasteiger partial charge >= 0.3 is 0 Å². The van der Waals surface area contributed by atoms with Crippen molar-refractivity contribution in [2.45, 2.75) is 0 Å². The summed E-state index contributed by atoms with van der Waals surface area (Å²) in [6, 6.07) is 5.72. The third-order valence-electron chi connectivity index (χ3n) is 1.87. The first-order valence-corrected chi connectivity index (χ1v) is 5.90. The van der Waals surface area contributed by atoms with Gasteiger partial charge in [0.05, 0.1) is 23.1 Å². The van der Waals surface area contributed by atoms with Crippen molar-refractivity contribution in [3.8, 4) is 0 Å². The minimum Gasteiger partial charge on any atom is -0.382 e. The van der Waals surface area contributed by atoms with Crippen LogP contribution < -0.4 is 11.1 Å². The number of rotatable bonds is 2. The van der Waals surface area contributed by atoms with Crippen molar-refractivity contribution in [2.75, 3.05) is 11.1 Å². The molecule has 2 aromatic rings. The van der Waals surface area contributed by atoms with Gasteiger partial charge in [-0.15, -0.1) is 0 Å². The summed E-state index contributed by atoms with van der Waals surface area (Å²) < 4.78 is 1.08. The maximum atomic E-state index is 6.07. The predicted molar refractivity (Wildman–Crippen MR) is 73.9 cm³/mol. The molecule has 0 spiro atoms. The molecule has 4 nitrogen and oxygen atoms in total. The maximum absolute atomic E-state index is 6.07.